The maximum atomic E-state index is 12.5. The molecule has 24 heavy (non-hydrogen) atoms. The number of rotatable bonds is 4. The maximum absolute atomic E-state index is 12.5. The number of anilines is 1. The Balaban J connectivity index is 1.41. The first-order chi connectivity index (χ1) is 11.8. The lowest BCUT2D eigenvalue weighted by atomic mass is 9.83. The summed E-state index contributed by atoms with van der Waals surface area (Å²) < 4.78 is 0. The van der Waals surface area contributed by atoms with Crippen LogP contribution in [0.1, 0.15) is 45.4 Å². The summed E-state index contributed by atoms with van der Waals surface area (Å²) in [6, 6.07) is 4.34. The second kappa shape index (κ2) is 8.31. The Morgan fingerprint density at radius 3 is 2.58 bits per heavy atom. The van der Waals surface area contributed by atoms with E-state index < -0.39 is 0 Å². The third-order valence-electron chi connectivity index (χ3n) is 5.32. The van der Waals surface area contributed by atoms with Crippen LogP contribution in [0.3, 0.4) is 0 Å². The molecule has 132 valence electrons. The fourth-order valence-electron chi connectivity index (χ4n) is 3.87. The Morgan fingerprint density at radius 2 is 1.96 bits per heavy atom. The van der Waals surface area contributed by atoms with Crippen LogP contribution in [-0.4, -0.2) is 53.3 Å². The molecule has 1 N–H and O–H groups in total. The molecule has 0 radical (unpaired) electrons. The highest BCUT2D eigenvalue weighted by Gasteiger charge is 2.26. The van der Waals surface area contributed by atoms with Gasteiger partial charge in [0.2, 0.25) is 0 Å². The molecule has 0 atom stereocenters. The zero-order valence-corrected chi connectivity index (χ0v) is 14.7. The second-order valence-corrected chi connectivity index (χ2v) is 7.01. The van der Waals surface area contributed by atoms with Gasteiger partial charge in [-0.1, -0.05) is 19.8 Å². The quantitative estimate of drug-likeness (QED) is 0.921. The molecule has 0 unspecified atom stereocenters. The van der Waals surface area contributed by atoms with Crippen molar-refractivity contribution in [2.24, 2.45) is 5.92 Å². The van der Waals surface area contributed by atoms with E-state index in [2.05, 4.69) is 27.3 Å². The van der Waals surface area contributed by atoms with Gasteiger partial charge in [-0.2, -0.15) is 5.10 Å². The minimum Gasteiger partial charge on any atom is -0.352 e. The SMILES string of the molecule is CCCC1CCC(NC(=O)N2CCN(c3cccnn3)CC2)CC1. The number of piperazine rings is 1. The predicted octanol–water partition coefficient (Wildman–Crippen LogP) is 2.67. The van der Waals surface area contributed by atoms with E-state index in [9.17, 15) is 4.79 Å². The van der Waals surface area contributed by atoms with E-state index in [1.165, 1.54) is 25.7 Å². The molecule has 0 bridgehead atoms. The Kier molecular flexibility index (Phi) is 5.88. The third-order valence-corrected chi connectivity index (χ3v) is 5.32. The van der Waals surface area contributed by atoms with Gasteiger partial charge in [0.05, 0.1) is 0 Å². The van der Waals surface area contributed by atoms with Crippen molar-refractivity contribution in [3.8, 4) is 0 Å². The maximum Gasteiger partial charge on any atom is 0.317 e. The van der Waals surface area contributed by atoms with Gasteiger partial charge in [0.25, 0.3) is 0 Å². The van der Waals surface area contributed by atoms with Crippen molar-refractivity contribution in [1.82, 2.24) is 20.4 Å². The van der Waals surface area contributed by atoms with Gasteiger partial charge < -0.3 is 15.1 Å². The Morgan fingerprint density at radius 1 is 1.21 bits per heavy atom. The van der Waals surface area contributed by atoms with Gasteiger partial charge in [0.15, 0.2) is 5.82 Å². The molecule has 6 nitrogen and oxygen atoms in total. The Bertz CT molecular complexity index is 507. The molecular formula is C18H29N5O. The number of nitrogens with one attached hydrogen (secondary N) is 1. The summed E-state index contributed by atoms with van der Waals surface area (Å²) in [5, 5.41) is 11.3. The molecule has 2 aliphatic rings. The lowest BCUT2D eigenvalue weighted by Crippen LogP contribution is -2.54. The largest absolute Gasteiger partial charge is 0.352 e. The van der Waals surface area contributed by atoms with E-state index in [4.69, 9.17) is 0 Å². The van der Waals surface area contributed by atoms with E-state index in [0.29, 0.717) is 6.04 Å². The summed E-state index contributed by atoms with van der Waals surface area (Å²) in [5.41, 5.74) is 0. The molecule has 1 aliphatic heterocycles. The Hall–Kier alpha value is -1.85. The van der Waals surface area contributed by atoms with E-state index >= 15 is 0 Å². The van der Waals surface area contributed by atoms with Crippen LogP contribution < -0.4 is 10.2 Å². The van der Waals surface area contributed by atoms with Crippen LogP contribution in [0.25, 0.3) is 0 Å². The molecule has 2 amide bonds. The van der Waals surface area contributed by atoms with Crippen LogP contribution in [0.15, 0.2) is 18.3 Å². The molecule has 2 heterocycles. The summed E-state index contributed by atoms with van der Waals surface area (Å²) in [6.45, 7) is 5.38. The minimum absolute atomic E-state index is 0.104. The first-order valence-electron chi connectivity index (χ1n) is 9.34. The fraction of sp³-hybridized carbons (Fsp3) is 0.722. The van der Waals surface area contributed by atoms with Crippen LogP contribution in [0.4, 0.5) is 10.6 Å². The number of nitrogens with zero attached hydrogens (tertiary/aromatic N) is 4. The zero-order chi connectivity index (χ0) is 16.8. The zero-order valence-electron chi connectivity index (χ0n) is 14.7. The Labute approximate surface area is 144 Å². The van der Waals surface area contributed by atoms with Gasteiger partial charge in [-0.3, -0.25) is 0 Å². The summed E-state index contributed by atoms with van der Waals surface area (Å²) in [7, 11) is 0. The average Bonchev–Trinajstić information content (AvgIpc) is 2.64. The fourth-order valence-corrected chi connectivity index (χ4v) is 3.87. The van der Waals surface area contributed by atoms with Crippen molar-refractivity contribution in [3.05, 3.63) is 18.3 Å². The predicted molar refractivity (Wildman–Crippen MR) is 95.0 cm³/mol. The minimum atomic E-state index is 0.104. The first kappa shape index (κ1) is 17.0. The molecule has 6 heteroatoms. The van der Waals surface area contributed by atoms with Crippen LogP contribution in [-0.2, 0) is 0 Å². The number of hydrogen-bond donors (Lipinski definition) is 1. The standard InChI is InChI=1S/C18H29N5O/c1-2-4-15-6-8-16(9-7-15)20-18(24)23-13-11-22(12-14-23)17-5-3-10-19-21-17/h3,5,10,15-16H,2,4,6-9,11-14H2,1H3,(H,20,24). The van der Waals surface area contributed by atoms with E-state index in [1.54, 1.807) is 6.20 Å². The highest BCUT2D eigenvalue weighted by Crippen LogP contribution is 2.27. The van der Waals surface area contributed by atoms with Gasteiger partial charge in [0.1, 0.15) is 0 Å². The molecule has 1 aromatic rings. The smallest absolute Gasteiger partial charge is 0.317 e. The number of amides is 2. The van der Waals surface area contributed by atoms with Crippen molar-refractivity contribution < 1.29 is 4.79 Å². The van der Waals surface area contributed by atoms with Gasteiger partial charge in [-0.15, -0.1) is 5.10 Å². The molecule has 1 saturated heterocycles. The number of aromatic nitrogens is 2. The van der Waals surface area contributed by atoms with Crippen molar-refractivity contribution in [2.45, 2.75) is 51.5 Å². The monoisotopic (exact) mass is 331 g/mol. The number of carbonyl (C=O) groups excluding carboxylic acids is 1. The van der Waals surface area contributed by atoms with Gasteiger partial charge >= 0.3 is 6.03 Å². The third kappa shape index (κ3) is 4.36. The summed E-state index contributed by atoms with van der Waals surface area (Å²) in [4.78, 5) is 16.6. The van der Waals surface area contributed by atoms with E-state index in [-0.39, 0.29) is 6.03 Å². The van der Waals surface area contributed by atoms with Gasteiger partial charge in [-0.05, 0) is 43.7 Å². The van der Waals surface area contributed by atoms with E-state index in [1.807, 2.05) is 17.0 Å². The van der Waals surface area contributed by atoms with Crippen LogP contribution in [0.2, 0.25) is 0 Å². The van der Waals surface area contributed by atoms with Crippen molar-refractivity contribution in [3.63, 3.8) is 0 Å². The normalized spacial score (nSPS) is 24.7. The average molecular weight is 331 g/mol. The van der Waals surface area contributed by atoms with Crippen LogP contribution >= 0.6 is 0 Å². The molecule has 3 rings (SSSR count). The first-order valence-corrected chi connectivity index (χ1v) is 9.34. The number of urea groups is 1. The number of carbonyl (C=O) groups is 1. The van der Waals surface area contributed by atoms with Gasteiger partial charge in [0, 0.05) is 38.4 Å². The molecule has 0 aromatic carbocycles. The lowest BCUT2D eigenvalue weighted by Gasteiger charge is -2.36. The molecule has 1 aromatic heterocycles. The highest BCUT2D eigenvalue weighted by atomic mass is 16.2. The van der Waals surface area contributed by atoms with Gasteiger partial charge in [-0.25, -0.2) is 4.79 Å². The number of hydrogen-bond acceptors (Lipinski definition) is 4. The highest BCUT2D eigenvalue weighted by molar-refractivity contribution is 5.74. The molecule has 1 saturated carbocycles. The lowest BCUT2D eigenvalue weighted by molar-refractivity contribution is 0.182. The van der Waals surface area contributed by atoms with Crippen molar-refractivity contribution in [2.75, 3.05) is 31.1 Å². The van der Waals surface area contributed by atoms with Crippen molar-refractivity contribution in [1.29, 1.82) is 0 Å². The summed E-state index contributed by atoms with van der Waals surface area (Å²) >= 11 is 0. The summed E-state index contributed by atoms with van der Waals surface area (Å²) in [6.07, 6.45) is 9.09. The topological polar surface area (TPSA) is 61.4 Å². The molecule has 1 aliphatic carbocycles. The van der Waals surface area contributed by atoms with Crippen LogP contribution in [0, 0.1) is 5.92 Å². The molecule has 0 spiro atoms. The van der Waals surface area contributed by atoms with Crippen molar-refractivity contribution >= 4 is 11.8 Å². The molecular weight excluding hydrogens is 302 g/mol. The van der Waals surface area contributed by atoms with E-state index in [0.717, 1.165) is 50.8 Å². The molecule has 2 fully saturated rings. The van der Waals surface area contributed by atoms with Crippen LogP contribution in [0.5, 0.6) is 0 Å². The second-order valence-electron chi connectivity index (χ2n) is 7.01. The summed E-state index contributed by atoms with van der Waals surface area (Å²) in [5.74, 6) is 1.77.